The van der Waals surface area contributed by atoms with Crippen LogP contribution in [0, 0.1) is 0 Å². The summed E-state index contributed by atoms with van der Waals surface area (Å²) in [7, 11) is 4.60. The Kier molecular flexibility index (Phi) is 6.06. The second kappa shape index (κ2) is 9.07. The molecular weight excluding hydrogens is 398 g/mol. The zero-order valence-corrected chi connectivity index (χ0v) is 17.8. The highest BCUT2D eigenvalue weighted by molar-refractivity contribution is 5.95. The average Bonchev–Trinajstić information content (AvgIpc) is 2.83. The van der Waals surface area contributed by atoms with Gasteiger partial charge in [0.15, 0.2) is 11.5 Å². The van der Waals surface area contributed by atoms with Gasteiger partial charge in [-0.25, -0.2) is 9.97 Å². The van der Waals surface area contributed by atoms with Crippen molar-refractivity contribution in [3.63, 3.8) is 0 Å². The number of ether oxygens (including phenoxy) is 4. The van der Waals surface area contributed by atoms with E-state index >= 15 is 0 Å². The van der Waals surface area contributed by atoms with E-state index in [2.05, 4.69) is 9.97 Å². The van der Waals surface area contributed by atoms with Gasteiger partial charge in [0, 0.05) is 31.5 Å². The number of aromatic nitrogens is 2. The van der Waals surface area contributed by atoms with Gasteiger partial charge in [-0.05, 0) is 24.3 Å². The van der Waals surface area contributed by atoms with E-state index < -0.39 is 0 Å². The van der Waals surface area contributed by atoms with Gasteiger partial charge in [-0.2, -0.15) is 0 Å². The molecule has 8 nitrogen and oxygen atoms in total. The fourth-order valence-electron chi connectivity index (χ4n) is 3.73. The molecular formula is C23H25N3O5. The summed E-state index contributed by atoms with van der Waals surface area (Å²) >= 11 is 0. The topological polar surface area (TPSA) is 83.0 Å². The smallest absolute Gasteiger partial charge is 0.254 e. The number of piperidine rings is 1. The SMILES string of the molecule is COc1cc(C(=O)N2CCC(Oc3cnc4ccccc4n3)CC2)cc(OC)c1OC. The van der Waals surface area contributed by atoms with Gasteiger partial charge in [0.25, 0.3) is 5.91 Å². The van der Waals surface area contributed by atoms with Crippen LogP contribution in [0.2, 0.25) is 0 Å². The minimum absolute atomic E-state index is 0.0144. The molecule has 2 heterocycles. The molecule has 8 heteroatoms. The number of hydrogen-bond acceptors (Lipinski definition) is 7. The van der Waals surface area contributed by atoms with Crippen LogP contribution in [-0.4, -0.2) is 61.3 Å². The van der Waals surface area contributed by atoms with E-state index in [0.717, 1.165) is 11.0 Å². The Labute approximate surface area is 180 Å². The van der Waals surface area contributed by atoms with E-state index in [0.29, 0.717) is 54.6 Å². The number of hydrogen-bond donors (Lipinski definition) is 0. The van der Waals surface area contributed by atoms with E-state index in [4.69, 9.17) is 18.9 Å². The van der Waals surface area contributed by atoms with Gasteiger partial charge in [0.1, 0.15) is 6.10 Å². The van der Waals surface area contributed by atoms with Gasteiger partial charge in [0.05, 0.1) is 38.6 Å². The summed E-state index contributed by atoms with van der Waals surface area (Å²) in [5.74, 6) is 1.80. The normalized spacial score (nSPS) is 14.4. The second-order valence-electron chi connectivity index (χ2n) is 7.22. The van der Waals surface area contributed by atoms with Crippen molar-refractivity contribution in [3.05, 3.63) is 48.2 Å². The molecule has 2 aromatic carbocycles. The summed E-state index contributed by atoms with van der Waals surface area (Å²) in [5, 5.41) is 0. The van der Waals surface area contributed by atoms with Crippen LogP contribution in [-0.2, 0) is 0 Å². The molecule has 162 valence electrons. The average molecular weight is 423 g/mol. The van der Waals surface area contributed by atoms with Crippen molar-refractivity contribution >= 4 is 16.9 Å². The number of amides is 1. The van der Waals surface area contributed by atoms with Crippen LogP contribution < -0.4 is 18.9 Å². The van der Waals surface area contributed by atoms with Crippen molar-refractivity contribution in [1.29, 1.82) is 0 Å². The third kappa shape index (κ3) is 4.33. The molecule has 0 radical (unpaired) electrons. The lowest BCUT2D eigenvalue weighted by molar-refractivity contribution is 0.0587. The molecule has 1 aliphatic rings. The summed E-state index contributed by atoms with van der Waals surface area (Å²) in [6.07, 6.45) is 3.06. The zero-order valence-electron chi connectivity index (χ0n) is 17.8. The number of fused-ring (bicyclic) bond motifs is 1. The molecule has 3 aromatic rings. The predicted octanol–water partition coefficient (Wildman–Crippen LogP) is 3.34. The second-order valence-corrected chi connectivity index (χ2v) is 7.22. The molecule has 1 fully saturated rings. The van der Waals surface area contributed by atoms with Gasteiger partial charge >= 0.3 is 0 Å². The van der Waals surface area contributed by atoms with Crippen molar-refractivity contribution in [2.24, 2.45) is 0 Å². The minimum atomic E-state index is -0.0804. The molecule has 1 aromatic heterocycles. The summed E-state index contributed by atoms with van der Waals surface area (Å²) in [4.78, 5) is 23.8. The lowest BCUT2D eigenvalue weighted by atomic mass is 10.1. The number of benzene rings is 2. The van der Waals surface area contributed by atoms with Crippen molar-refractivity contribution in [2.45, 2.75) is 18.9 Å². The third-order valence-corrected chi connectivity index (χ3v) is 5.35. The Morgan fingerprint density at radius 2 is 1.61 bits per heavy atom. The number of carbonyl (C=O) groups excluding carboxylic acids is 1. The lowest BCUT2D eigenvalue weighted by Gasteiger charge is -2.32. The quantitative estimate of drug-likeness (QED) is 0.601. The van der Waals surface area contributed by atoms with E-state index in [9.17, 15) is 4.79 Å². The zero-order chi connectivity index (χ0) is 21.8. The predicted molar refractivity (Wildman–Crippen MR) is 115 cm³/mol. The van der Waals surface area contributed by atoms with E-state index in [1.165, 1.54) is 21.3 Å². The summed E-state index contributed by atoms with van der Waals surface area (Å²) < 4.78 is 22.1. The molecule has 1 saturated heterocycles. The fraction of sp³-hybridized carbons (Fsp3) is 0.348. The molecule has 0 atom stereocenters. The number of rotatable bonds is 6. The Morgan fingerprint density at radius 3 is 2.23 bits per heavy atom. The minimum Gasteiger partial charge on any atom is -0.493 e. The number of likely N-dealkylation sites (tertiary alicyclic amines) is 1. The molecule has 0 spiro atoms. The standard InChI is InChI=1S/C23H25N3O5/c1-28-19-12-15(13-20(29-2)22(19)30-3)23(27)26-10-8-16(9-11-26)31-21-14-24-17-6-4-5-7-18(17)25-21/h4-7,12-14,16H,8-11H2,1-3H3. The first-order valence-electron chi connectivity index (χ1n) is 10.1. The maximum absolute atomic E-state index is 13.1. The lowest BCUT2D eigenvalue weighted by Crippen LogP contribution is -2.41. The van der Waals surface area contributed by atoms with Crippen LogP contribution >= 0.6 is 0 Å². The van der Waals surface area contributed by atoms with Crippen molar-refractivity contribution in [1.82, 2.24) is 14.9 Å². The summed E-state index contributed by atoms with van der Waals surface area (Å²) in [6, 6.07) is 11.0. The molecule has 4 rings (SSSR count). The van der Waals surface area contributed by atoms with Gasteiger partial charge in [-0.3, -0.25) is 4.79 Å². The first-order chi connectivity index (χ1) is 15.1. The largest absolute Gasteiger partial charge is 0.493 e. The van der Waals surface area contributed by atoms with Crippen molar-refractivity contribution in [2.75, 3.05) is 34.4 Å². The highest BCUT2D eigenvalue weighted by atomic mass is 16.5. The van der Waals surface area contributed by atoms with Crippen LogP contribution in [0.25, 0.3) is 11.0 Å². The molecule has 0 N–H and O–H groups in total. The molecule has 0 aliphatic carbocycles. The highest BCUT2D eigenvalue weighted by Crippen LogP contribution is 2.38. The van der Waals surface area contributed by atoms with Crippen LogP contribution in [0.4, 0.5) is 0 Å². The Balaban J connectivity index is 1.41. The highest BCUT2D eigenvalue weighted by Gasteiger charge is 2.27. The monoisotopic (exact) mass is 423 g/mol. The van der Waals surface area contributed by atoms with Crippen LogP contribution in [0.15, 0.2) is 42.6 Å². The Hall–Kier alpha value is -3.55. The molecule has 0 saturated carbocycles. The number of para-hydroxylation sites is 2. The molecule has 1 aliphatic heterocycles. The summed E-state index contributed by atoms with van der Waals surface area (Å²) in [5.41, 5.74) is 2.13. The van der Waals surface area contributed by atoms with Crippen LogP contribution in [0.1, 0.15) is 23.2 Å². The Morgan fingerprint density at radius 1 is 0.968 bits per heavy atom. The van der Waals surface area contributed by atoms with Crippen LogP contribution in [0.3, 0.4) is 0 Å². The first kappa shape index (κ1) is 20.7. The van der Waals surface area contributed by atoms with Crippen LogP contribution in [0.5, 0.6) is 23.1 Å². The molecule has 1 amide bonds. The van der Waals surface area contributed by atoms with E-state index in [1.807, 2.05) is 29.2 Å². The van der Waals surface area contributed by atoms with Gasteiger partial charge < -0.3 is 23.8 Å². The molecule has 0 unspecified atom stereocenters. The fourth-order valence-corrected chi connectivity index (χ4v) is 3.73. The Bertz CT molecular complexity index is 1050. The van der Waals surface area contributed by atoms with Gasteiger partial charge in [0.2, 0.25) is 11.6 Å². The number of nitrogens with zero attached hydrogens (tertiary/aromatic N) is 3. The van der Waals surface area contributed by atoms with E-state index in [-0.39, 0.29) is 12.0 Å². The van der Waals surface area contributed by atoms with Crippen molar-refractivity contribution in [3.8, 4) is 23.1 Å². The van der Waals surface area contributed by atoms with Gasteiger partial charge in [-0.15, -0.1) is 0 Å². The molecule has 0 bridgehead atoms. The number of carbonyl (C=O) groups is 1. The third-order valence-electron chi connectivity index (χ3n) is 5.35. The number of methoxy groups -OCH3 is 3. The first-order valence-corrected chi connectivity index (χ1v) is 10.1. The van der Waals surface area contributed by atoms with Crippen molar-refractivity contribution < 1.29 is 23.7 Å². The maximum atomic E-state index is 13.1. The molecule has 31 heavy (non-hydrogen) atoms. The summed E-state index contributed by atoms with van der Waals surface area (Å²) in [6.45, 7) is 1.17. The van der Waals surface area contributed by atoms with Gasteiger partial charge in [-0.1, -0.05) is 12.1 Å². The maximum Gasteiger partial charge on any atom is 0.254 e. The van der Waals surface area contributed by atoms with E-state index in [1.54, 1.807) is 18.3 Å².